The number of benzene rings is 1. The molecule has 0 bridgehead atoms. The van der Waals surface area contributed by atoms with Crippen LogP contribution in [-0.2, 0) is 0 Å². The van der Waals surface area contributed by atoms with Gasteiger partial charge in [-0.05, 0) is 24.1 Å². The summed E-state index contributed by atoms with van der Waals surface area (Å²) in [6.07, 6.45) is -0.250. The highest BCUT2D eigenvalue weighted by Gasteiger charge is 2.18. The molecule has 0 aliphatic heterocycles. The van der Waals surface area contributed by atoms with Crippen molar-refractivity contribution >= 4 is 0 Å². The van der Waals surface area contributed by atoms with Crippen molar-refractivity contribution in [2.24, 2.45) is 5.92 Å². The standard InChI is InChI=1S/C11H12FNO/c1-2-8(7-13)11(14)9-3-5-10(12)6-4-9/h3-6,8,11,14H,2H2,1H3. The summed E-state index contributed by atoms with van der Waals surface area (Å²) < 4.78 is 12.6. The minimum atomic E-state index is -0.828. The van der Waals surface area contributed by atoms with E-state index in [0.717, 1.165) is 0 Å². The van der Waals surface area contributed by atoms with Crippen LogP contribution in [0.4, 0.5) is 4.39 Å². The van der Waals surface area contributed by atoms with Gasteiger partial charge in [-0.3, -0.25) is 0 Å². The first-order chi connectivity index (χ1) is 6.69. The Morgan fingerprint density at radius 1 is 1.43 bits per heavy atom. The van der Waals surface area contributed by atoms with Crippen LogP contribution in [0.5, 0.6) is 0 Å². The fraction of sp³-hybridized carbons (Fsp3) is 0.364. The van der Waals surface area contributed by atoms with E-state index in [-0.39, 0.29) is 5.82 Å². The second kappa shape index (κ2) is 4.73. The Morgan fingerprint density at radius 2 is 2.00 bits per heavy atom. The van der Waals surface area contributed by atoms with Crippen molar-refractivity contribution in [3.8, 4) is 6.07 Å². The van der Waals surface area contributed by atoms with Crippen LogP contribution in [0.15, 0.2) is 24.3 Å². The first-order valence-electron chi connectivity index (χ1n) is 4.52. The van der Waals surface area contributed by atoms with Gasteiger partial charge in [-0.1, -0.05) is 19.1 Å². The maximum Gasteiger partial charge on any atom is 0.123 e. The molecule has 0 spiro atoms. The molecule has 1 N–H and O–H groups in total. The summed E-state index contributed by atoms with van der Waals surface area (Å²) in [7, 11) is 0. The van der Waals surface area contributed by atoms with Gasteiger partial charge in [-0.25, -0.2) is 4.39 Å². The summed E-state index contributed by atoms with van der Waals surface area (Å²) in [5.41, 5.74) is 0.583. The lowest BCUT2D eigenvalue weighted by atomic mass is 9.95. The number of halogens is 1. The Balaban J connectivity index is 2.84. The van der Waals surface area contributed by atoms with E-state index in [0.29, 0.717) is 12.0 Å². The third-order valence-corrected chi connectivity index (χ3v) is 2.20. The molecule has 74 valence electrons. The molecular formula is C11H12FNO. The Bertz CT molecular complexity index is 328. The molecule has 0 aliphatic rings. The van der Waals surface area contributed by atoms with Gasteiger partial charge >= 0.3 is 0 Å². The van der Waals surface area contributed by atoms with Crippen LogP contribution in [0.1, 0.15) is 25.0 Å². The van der Waals surface area contributed by atoms with Gasteiger partial charge in [0.25, 0.3) is 0 Å². The highest BCUT2D eigenvalue weighted by atomic mass is 19.1. The summed E-state index contributed by atoms with van der Waals surface area (Å²) in [6, 6.07) is 7.58. The average Bonchev–Trinajstić information content (AvgIpc) is 2.20. The van der Waals surface area contributed by atoms with E-state index in [9.17, 15) is 9.50 Å². The van der Waals surface area contributed by atoms with E-state index in [4.69, 9.17) is 5.26 Å². The molecule has 1 aromatic carbocycles. The van der Waals surface area contributed by atoms with Crippen molar-refractivity contribution in [1.29, 1.82) is 5.26 Å². The normalized spacial score (nSPS) is 14.4. The minimum absolute atomic E-state index is 0.342. The lowest BCUT2D eigenvalue weighted by Crippen LogP contribution is -2.09. The SMILES string of the molecule is CCC(C#N)C(O)c1ccc(F)cc1. The molecule has 1 aromatic rings. The molecule has 0 heterocycles. The van der Waals surface area contributed by atoms with Crippen molar-refractivity contribution in [3.05, 3.63) is 35.6 Å². The van der Waals surface area contributed by atoms with Gasteiger partial charge in [0.15, 0.2) is 0 Å². The molecule has 0 saturated carbocycles. The number of rotatable bonds is 3. The molecule has 0 radical (unpaired) electrons. The summed E-state index contributed by atoms with van der Waals surface area (Å²) in [5, 5.41) is 18.5. The van der Waals surface area contributed by atoms with Crippen LogP contribution >= 0.6 is 0 Å². The van der Waals surface area contributed by atoms with E-state index in [1.807, 2.05) is 13.0 Å². The molecular weight excluding hydrogens is 181 g/mol. The molecule has 3 heteroatoms. The van der Waals surface area contributed by atoms with E-state index in [2.05, 4.69) is 0 Å². The monoisotopic (exact) mass is 193 g/mol. The number of aliphatic hydroxyl groups is 1. The van der Waals surface area contributed by atoms with Gasteiger partial charge in [0.1, 0.15) is 5.82 Å². The predicted molar refractivity (Wildman–Crippen MR) is 50.8 cm³/mol. The lowest BCUT2D eigenvalue weighted by molar-refractivity contribution is 0.132. The number of nitrogens with zero attached hydrogens (tertiary/aromatic N) is 1. The largest absolute Gasteiger partial charge is 0.387 e. The van der Waals surface area contributed by atoms with Gasteiger partial charge in [-0.15, -0.1) is 0 Å². The second-order valence-electron chi connectivity index (χ2n) is 3.14. The second-order valence-corrected chi connectivity index (χ2v) is 3.14. The van der Waals surface area contributed by atoms with Crippen molar-refractivity contribution in [1.82, 2.24) is 0 Å². The first-order valence-corrected chi connectivity index (χ1v) is 4.52. The van der Waals surface area contributed by atoms with Gasteiger partial charge in [0, 0.05) is 0 Å². The molecule has 0 fully saturated rings. The summed E-state index contributed by atoms with van der Waals surface area (Å²) in [6.45, 7) is 1.83. The molecule has 0 aliphatic carbocycles. The molecule has 0 amide bonds. The Morgan fingerprint density at radius 3 is 2.43 bits per heavy atom. The van der Waals surface area contributed by atoms with Crippen molar-refractivity contribution in [2.45, 2.75) is 19.4 Å². The molecule has 1 rings (SSSR count). The third-order valence-electron chi connectivity index (χ3n) is 2.20. The van der Waals surface area contributed by atoms with Crippen molar-refractivity contribution < 1.29 is 9.50 Å². The third kappa shape index (κ3) is 2.30. The van der Waals surface area contributed by atoms with Crippen molar-refractivity contribution in [2.75, 3.05) is 0 Å². The molecule has 0 aromatic heterocycles. The zero-order valence-electron chi connectivity index (χ0n) is 7.94. The Hall–Kier alpha value is -1.40. The van der Waals surface area contributed by atoms with Gasteiger partial charge in [-0.2, -0.15) is 5.26 Å². The number of hydrogen-bond donors (Lipinski definition) is 1. The topological polar surface area (TPSA) is 44.0 Å². The maximum atomic E-state index is 12.6. The van der Waals surface area contributed by atoms with Gasteiger partial charge in [0.05, 0.1) is 18.1 Å². The number of hydrogen-bond acceptors (Lipinski definition) is 2. The van der Waals surface area contributed by atoms with Crippen LogP contribution in [0.25, 0.3) is 0 Å². The minimum Gasteiger partial charge on any atom is -0.387 e. The van der Waals surface area contributed by atoms with E-state index < -0.39 is 12.0 Å². The van der Waals surface area contributed by atoms with Gasteiger partial charge < -0.3 is 5.11 Å². The fourth-order valence-corrected chi connectivity index (χ4v) is 1.28. The Kier molecular flexibility index (Phi) is 3.61. The smallest absolute Gasteiger partial charge is 0.123 e. The van der Waals surface area contributed by atoms with E-state index >= 15 is 0 Å². The zero-order valence-corrected chi connectivity index (χ0v) is 7.94. The van der Waals surface area contributed by atoms with Crippen LogP contribution in [-0.4, -0.2) is 5.11 Å². The van der Waals surface area contributed by atoms with Crippen molar-refractivity contribution in [3.63, 3.8) is 0 Å². The van der Waals surface area contributed by atoms with E-state index in [1.165, 1.54) is 24.3 Å². The summed E-state index contributed by atoms with van der Waals surface area (Å²) >= 11 is 0. The van der Waals surface area contributed by atoms with Gasteiger partial charge in [0.2, 0.25) is 0 Å². The van der Waals surface area contributed by atoms with Crippen LogP contribution in [0.3, 0.4) is 0 Å². The molecule has 2 atom stereocenters. The maximum absolute atomic E-state index is 12.6. The predicted octanol–water partition coefficient (Wildman–Crippen LogP) is 2.41. The highest BCUT2D eigenvalue weighted by molar-refractivity contribution is 5.20. The van der Waals surface area contributed by atoms with Crippen LogP contribution in [0.2, 0.25) is 0 Å². The Labute approximate surface area is 82.6 Å². The summed E-state index contributed by atoms with van der Waals surface area (Å²) in [5.74, 6) is -0.772. The highest BCUT2D eigenvalue weighted by Crippen LogP contribution is 2.23. The quantitative estimate of drug-likeness (QED) is 0.801. The molecule has 2 unspecified atom stereocenters. The number of nitriles is 1. The van der Waals surface area contributed by atoms with E-state index in [1.54, 1.807) is 0 Å². The fourth-order valence-electron chi connectivity index (χ4n) is 1.28. The molecule has 2 nitrogen and oxygen atoms in total. The average molecular weight is 193 g/mol. The van der Waals surface area contributed by atoms with Crippen LogP contribution in [0, 0.1) is 23.1 Å². The zero-order chi connectivity index (χ0) is 10.6. The molecule has 0 saturated heterocycles. The summed E-state index contributed by atoms with van der Waals surface area (Å²) in [4.78, 5) is 0. The van der Waals surface area contributed by atoms with Crippen LogP contribution < -0.4 is 0 Å². The molecule has 14 heavy (non-hydrogen) atoms. The number of aliphatic hydroxyl groups excluding tert-OH is 1. The lowest BCUT2D eigenvalue weighted by Gasteiger charge is -2.14. The first kappa shape index (κ1) is 10.7.